The first kappa shape index (κ1) is 26.4. The van der Waals surface area contributed by atoms with E-state index in [1.807, 2.05) is 67.2 Å². The van der Waals surface area contributed by atoms with Crippen molar-refractivity contribution in [1.82, 2.24) is 4.90 Å². The van der Waals surface area contributed by atoms with Gasteiger partial charge >= 0.3 is 17.9 Å². The maximum Gasteiger partial charge on any atom is 0.307 e. The monoisotopic (exact) mass is 401 g/mol. The molecule has 0 saturated heterocycles. The van der Waals surface area contributed by atoms with Crippen LogP contribution in [0.5, 0.6) is 0 Å². The summed E-state index contributed by atoms with van der Waals surface area (Å²) in [6.45, 7) is 17.5. The summed E-state index contributed by atoms with van der Waals surface area (Å²) in [5.74, 6) is -0.939. The molecule has 0 aliphatic rings. The molecule has 0 aliphatic heterocycles. The lowest BCUT2D eigenvalue weighted by Crippen LogP contribution is -2.35. The fraction of sp³-hybridized carbons (Fsp3) is 0.857. The van der Waals surface area contributed by atoms with Crippen LogP contribution in [0, 0.1) is 0 Å². The third kappa shape index (κ3) is 16.5. The molecule has 0 bridgehead atoms. The second-order valence-corrected chi connectivity index (χ2v) is 9.85. The lowest BCUT2D eigenvalue weighted by atomic mass is 10.2. The van der Waals surface area contributed by atoms with E-state index >= 15 is 0 Å². The van der Waals surface area contributed by atoms with E-state index in [2.05, 4.69) is 0 Å². The molecule has 0 spiro atoms. The maximum atomic E-state index is 12.0. The SMILES string of the molecule is CC(C)(C)OC(=O)CCN(CCC(=O)OC(C)(C)C)CCC(=O)OC(C)(C)C. The van der Waals surface area contributed by atoms with Crippen molar-refractivity contribution in [2.75, 3.05) is 19.6 Å². The summed E-state index contributed by atoms with van der Waals surface area (Å²) in [6.07, 6.45) is 0.541. The van der Waals surface area contributed by atoms with Gasteiger partial charge in [0, 0.05) is 19.6 Å². The topological polar surface area (TPSA) is 82.1 Å². The largest absolute Gasteiger partial charge is 0.460 e. The number of carbonyl (C=O) groups is 3. The van der Waals surface area contributed by atoms with E-state index in [9.17, 15) is 14.4 Å². The van der Waals surface area contributed by atoms with Gasteiger partial charge in [-0.2, -0.15) is 0 Å². The molecule has 28 heavy (non-hydrogen) atoms. The van der Waals surface area contributed by atoms with Crippen LogP contribution < -0.4 is 0 Å². The van der Waals surface area contributed by atoms with Crippen LogP contribution in [0.1, 0.15) is 81.6 Å². The van der Waals surface area contributed by atoms with Crippen LogP contribution in [0.15, 0.2) is 0 Å². The number of rotatable bonds is 9. The third-order valence-corrected chi connectivity index (χ3v) is 3.16. The molecular weight excluding hydrogens is 362 g/mol. The van der Waals surface area contributed by atoms with Crippen LogP contribution in [-0.4, -0.2) is 59.2 Å². The summed E-state index contributed by atoms with van der Waals surface area (Å²) < 4.78 is 16.0. The fourth-order valence-corrected chi connectivity index (χ4v) is 2.26. The molecule has 0 saturated carbocycles. The summed E-state index contributed by atoms with van der Waals surface area (Å²) in [4.78, 5) is 37.8. The molecule has 7 nitrogen and oxygen atoms in total. The van der Waals surface area contributed by atoms with Gasteiger partial charge in [-0.25, -0.2) is 0 Å². The summed E-state index contributed by atoms with van der Waals surface area (Å²) in [5, 5.41) is 0. The van der Waals surface area contributed by atoms with Crippen LogP contribution in [-0.2, 0) is 28.6 Å². The molecule has 0 rings (SSSR count). The smallest absolute Gasteiger partial charge is 0.307 e. The minimum absolute atomic E-state index is 0.180. The van der Waals surface area contributed by atoms with E-state index in [-0.39, 0.29) is 37.2 Å². The highest BCUT2D eigenvalue weighted by Crippen LogP contribution is 2.12. The van der Waals surface area contributed by atoms with Crippen molar-refractivity contribution in [3.63, 3.8) is 0 Å². The summed E-state index contributed by atoms with van der Waals surface area (Å²) in [7, 11) is 0. The molecule has 0 aromatic carbocycles. The average molecular weight is 402 g/mol. The van der Waals surface area contributed by atoms with Crippen molar-refractivity contribution in [2.45, 2.75) is 98.4 Å². The van der Waals surface area contributed by atoms with E-state index < -0.39 is 16.8 Å². The Morgan fingerprint density at radius 1 is 0.536 bits per heavy atom. The van der Waals surface area contributed by atoms with Crippen molar-refractivity contribution >= 4 is 17.9 Å². The van der Waals surface area contributed by atoms with E-state index in [1.165, 1.54) is 0 Å². The first-order chi connectivity index (χ1) is 12.5. The molecule has 0 radical (unpaired) electrons. The highest BCUT2D eigenvalue weighted by atomic mass is 16.6. The molecular formula is C21H39NO6. The van der Waals surface area contributed by atoms with Crippen molar-refractivity contribution in [3.8, 4) is 0 Å². The van der Waals surface area contributed by atoms with Crippen LogP contribution in [0.2, 0.25) is 0 Å². The summed E-state index contributed by atoms with van der Waals surface area (Å²) in [6, 6.07) is 0. The van der Waals surface area contributed by atoms with E-state index in [0.717, 1.165) is 0 Å². The zero-order valence-electron chi connectivity index (χ0n) is 19.1. The predicted molar refractivity (Wildman–Crippen MR) is 108 cm³/mol. The number of ether oxygens (including phenoxy) is 3. The highest BCUT2D eigenvalue weighted by molar-refractivity contribution is 5.71. The lowest BCUT2D eigenvalue weighted by Gasteiger charge is -2.25. The normalized spacial score (nSPS) is 12.6. The number of hydrogen-bond donors (Lipinski definition) is 0. The molecule has 0 N–H and O–H groups in total. The van der Waals surface area contributed by atoms with Crippen LogP contribution in [0.3, 0.4) is 0 Å². The number of nitrogens with zero attached hydrogens (tertiary/aromatic N) is 1. The van der Waals surface area contributed by atoms with Gasteiger partial charge in [-0.05, 0) is 62.3 Å². The highest BCUT2D eigenvalue weighted by Gasteiger charge is 2.21. The Labute approximate surface area is 170 Å². The van der Waals surface area contributed by atoms with Crippen molar-refractivity contribution in [1.29, 1.82) is 0 Å². The molecule has 0 aromatic heterocycles. The van der Waals surface area contributed by atoms with E-state index in [0.29, 0.717) is 19.6 Å². The molecule has 0 aromatic rings. The molecule has 7 heteroatoms. The molecule has 0 atom stereocenters. The van der Waals surface area contributed by atoms with Crippen LogP contribution >= 0.6 is 0 Å². The third-order valence-electron chi connectivity index (χ3n) is 3.16. The molecule has 0 heterocycles. The quantitative estimate of drug-likeness (QED) is 0.432. The second-order valence-electron chi connectivity index (χ2n) is 9.85. The van der Waals surface area contributed by atoms with Crippen molar-refractivity contribution in [3.05, 3.63) is 0 Å². The Morgan fingerprint density at radius 3 is 0.929 bits per heavy atom. The van der Waals surface area contributed by atoms with Gasteiger partial charge in [0.25, 0.3) is 0 Å². The Morgan fingerprint density at radius 2 is 0.750 bits per heavy atom. The number of hydrogen-bond acceptors (Lipinski definition) is 7. The molecule has 164 valence electrons. The van der Waals surface area contributed by atoms with Crippen molar-refractivity contribution in [2.24, 2.45) is 0 Å². The van der Waals surface area contributed by atoms with Crippen molar-refractivity contribution < 1.29 is 28.6 Å². The van der Waals surface area contributed by atoms with Gasteiger partial charge in [0.1, 0.15) is 16.8 Å². The molecule has 0 amide bonds. The Bertz CT molecular complexity index is 446. The van der Waals surface area contributed by atoms with Gasteiger partial charge in [0.05, 0.1) is 19.3 Å². The Kier molecular flexibility index (Phi) is 10.2. The van der Waals surface area contributed by atoms with Crippen LogP contribution in [0.4, 0.5) is 0 Å². The summed E-state index contributed by atoms with van der Waals surface area (Å²) >= 11 is 0. The zero-order valence-corrected chi connectivity index (χ0v) is 19.1. The number of carbonyl (C=O) groups excluding carboxylic acids is 3. The fourth-order valence-electron chi connectivity index (χ4n) is 2.26. The first-order valence-electron chi connectivity index (χ1n) is 9.85. The molecule has 0 unspecified atom stereocenters. The Hall–Kier alpha value is -1.63. The van der Waals surface area contributed by atoms with E-state index in [4.69, 9.17) is 14.2 Å². The molecule has 0 aliphatic carbocycles. The Balaban J connectivity index is 4.71. The standard InChI is InChI=1S/C21H39NO6/c1-19(2,3)26-16(23)10-13-22(14-11-17(24)27-20(4,5)6)15-12-18(25)28-21(7,8)9/h10-15H2,1-9H3. The van der Waals surface area contributed by atoms with Gasteiger partial charge in [-0.1, -0.05) is 0 Å². The van der Waals surface area contributed by atoms with Gasteiger partial charge in [-0.15, -0.1) is 0 Å². The minimum Gasteiger partial charge on any atom is -0.460 e. The second kappa shape index (κ2) is 10.8. The van der Waals surface area contributed by atoms with Gasteiger partial charge in [0.2, 0.25) is 0 Å². The van der Waals surface area contributed by atoms with E-state index in [1.54, 1.807) is 0 Å². The van der Waals surface area contributed by atoms with Gasteiger partial charge < -0.3 is 19.1 Å². The zero-order chi connectivity index (χ0) is 22.2. The lowest BCUT2D eigenvalue weighted by molar-refractivity contribution is -0.155. The molecule has 0 fully saturated rings. The average Bonchev–Trinajstić information content (AvgIpc) is 2.40. The maximum absolute atomic E-state index is 12.0. The first-order valence-corrected chi connectivity index (χ1v) is 9.85. The van der Waals surface area contributed by atoms with Gasteiger partial charge in [-0.3, -0.25) is 14.4 Å². The predicted octanol–water partition coefficient (Wildman–Crippen LogP) is 3.48. The van der Waals surface area contributed by atoms with Gasteiger partial charge in [0.15, 0.2) is 0 Å². The summed E-state index contributed by atoms with van der Waals surface area (Å²) in [5.41, 5.74) is -1.64. The van der Waals surface area contributed by atoms with Crippen LogP contribution in [0.25, 0.3) is 0 Å². The number of esters is 3. The minimum atomic E-state index is -0.547.